The fraction of sp³-hybridized carbons (Fsp3) is 0.545. The number of nitrogens with two attached hydrogens (primary N) is 1. The van der Waals surface area contributed by atoms with Crippen LogP contribution in [-0.2, 0) is 14.8 Å². The summed E-state index contributed by atoms with van der Waals surface area (Å²) >= 11 is 5.93. The van der Waals surface area contributed by atoms with E-state index in [1.807, 2.05) is 6.92 Å². The van der Waals surface area contributed by atoms with Gasteiger partial charge in [-0.3, -0.25) is 0 Å². The highest BCUT2D eigenvalue weighted by Gasteiger charge is 2.24. The molecule has 0 aromatic carbocycles. The third kappa shape index (κ3) is 4.22. The van der Waals surface area contributed by atoms with Crippen LogP contribution < -0.4 is 5.73 Å². The fourth-order valence-electron chi connectivity index (χ4n) is 1.48. The molecule has 8 heteroatoms. The van der Waals surface area contributed by atoms with Crippen LogP contribution in [-0.4, -0.2) is 44.0 Å². The van der Waals surface area contributed by atoms with Crippen molar-refractivity contribution in [1.82, 2.24) is 4.31 Å². The van der Waals surface area contributed by atoms with Crippen molar-refractivity contribution in [3.63, 3.8) is 0 Å². The Balaban J connectivity index is 2.89. The second kappa shape index (κ2) is 7.30. The van der Waals surface area contributed by atoms with Crippen molar-refractivity contribution in [2.75, 3.05) is 26.3 Å². The highest BCUT2D eigenvalue weighted by Crippen LogP contribution is 2.24. The molecule has 0 unspecified atom stereocenters. The summed E-state index contributed by atoms with van der Waals surface area (Å²) in [6.07, 6.45) is 0. The van der Waals surface area contributed by atoms with Crippen molar-refractivity contribution in [3.05, 3.63) is 17.0 Å². The molecule has 108 valence electrons. The molecule has 1 heterocycles. The largest absolute Gasteiger partial charge is 0.389 e. The zero-order valence-electron chi connectivity index (χ0n) is 11.0. The molecule has 1 rings (SSSR count). The van der Waals surface area contributed by atoms with Gasteiger partial charge in [0.1, 0.15) is 9.20 Å². The molecule has 19 heavy (non-hydrogen) atoms. The van der Waals surface area contributed by atoms with E-state index in [2.05, 4.69) is 0 Å². The summed E-state index contributed by atoms with van der Waals surface area (Å²) in [5.74, 6) is 0. The smallest absolute Gasteiger partial charge is 0.252 e. The molecule has 0 spiro atoms. The lowest BCUT2D eigenvalue weighted by Crippen LogP contribution is -2.33. The van der Waals surface area contributed by atoms with E-state index >= 15 is 0 Å². The number of hydrogen-bond donors (Lipinski definition) is 1. The maximum absolute atomic E-state index is 12.4. The lowest BCUT2D eigenvalue weighted by molar-refractivity contribution is 0.135. The quantitative estimate of drug-likeness (QED) is 0.579. The molecule has 0 atom stereocenters. The van der Waals surface area contributed by atoms with Crippen LogP contribution in [0.3, 0.4) is 0 Å². The molecule has 5 nitrogen and oxygen atoms in total. The van der Waals surface area contributed by atoms with E-state index < -0.39 is 10.0 Å². The van der Waals surface area contributed by atoms with Gasteiger partial charge < -0.3 is 10.5 Å². The Morgan fingerprint density at radius 1 is 1.47 bits per heavy atom. The molecule has 0 amide bonds. The molecule has 0 aliphatic heterocycles. The van der Waals surface area contributed by atoms with Crippen molar-refractivity contribution < 1.29 is 13.2 Å². The van der Waals surface area contributed by atoms with E-state index in [4.69, 9.17) is 22.7 Å². The first-order valence-electron chi connectivity index (χ1n) is 5.91. The topological polar surface area (TPSA) is 72.6 Å². The number of hydrogen-bond acceptors (Lipinski definition) is 5. The summed E-state index contributed by atoms with van der Waals surface area (Å²) in [6.45, 7) is 5.37. The van der Waals surface area contributed by atoms with Gasteiger partial charge in [0.2, 0.25) is 0 Å². The van der Waals surface area contributed by atoms with Gasteiger partial charge in [0, 0.05) is 19.7 Å². The zero-order valence-corrected chi connectivity index (χ0v) is 13.4. The molecule has 0 aliphatic rings. The SMILES string of the molecule is CCOCCN(CC)S(=O)(=O)c1ccc(C(N)=S)s1. The van der Waals surface area contributed by atoms with Crippen molar-refractivity contribution in [3.8, 4) is 0 Å². The van der Waals surface area contributed by atoms with Gasteiger partial charge in [0.05, 0.1) is 11.5 Å². The maximum Gasteiger partial charge on any atom is 0.252 e. The lowest BCUT2D eigenvalue weighted by Gasteiger charge is -2.19. The van der Waals surface area contributed by atoms with E-state index in [1.54, 1.807) is 13.0 Å². The van der Waals surface area contributed by atoms with Gasteiger partial charge >= 0.3 is 0 Å². The van der Waals surface area contributed by atoms with Crippen LogP contribution in [0.1, 0.15) is 18.7 Å². The Kier molecular flexibility index (Phi) is 6.34. The molecule has 0 aliphatic carbocycles. The Hall–Kier alpha value is -0.540. The zero-order chi connectivity index (χ0) is 14.5. The monoisotopic (exact) mass is 322 g/mol. The molecular weight excluding hydrogens is 304 g/mol. The van der Waals surface area contributed by atoms with Gasteiger partial charge in [-0.15, -0.1) is 11.3 Å². The number of likely N-dealkylation sites (N-methyl/N-ethyl adjacent to an activating group) is 1. The maximum atomic E-state index is 12.4. The summed E-state index contributed by atoms with van der Waals surface area (Å²) < 4.78 is 31.6. The second-order valence-electron chi connectivity index (χ2n) is 3.68. The molecule has 2 N–H and O–H groups in total. The van der Waals surface area contributed by atoms with Crippen LogP contribution in [0.4, 0.5) is 0 Å². The third-order valence-corrected chi connectivity index (χ3v) is 6.37. The minimum absolute atomic E-state index is 0.212. The molecule has 0 bridgehead atoms. The van der Waals surface area contributed by atoms with E-state index in [0.29, 0.717) is 31.2 Å². The summed E-state index contributed by atoms with van der Waals surface area (Å²) in [5, 5.41) is 0. The van der Waals surface area contributed by atoms with Crippen molar-refractivity contribution in [1.29, 1.82) is 0 Å². The van der Waals surface area contributed by atoms with Crippen molar-refractivity contribution in [2.45, 2.75) is 18.1 Å². The van der Waals surface area contributed by atoms with Gasteiger partial charge in [-0.1, -0.05) is 19.1 Å². The molecular formula is C11H18N2O3S3. The summed E-state index contributed by atoms with van der Waals surface area (Å²) in [5.41, 5.74) is 5.49. The minimum atomic E-state index is -3.49. The predicted molar refractivity (Wildman–Crippen MR) is 81.1 cm³/mol. The Labute approximate surface area is 123 Å². The highest BCUT2D eigenvalue weighted by atomic mass is 32.2. The van der Waals surface area contributed by atoms with Crippen LogP contribution in [0.2, 0.25) is 0 Å². The van der Waals surface area contributed by atoms with E-state index in [9.17, 15) is 8.42 Å². The third-order valence-electron chi connectivity index (χ3n) is 2.46. The first-order valence-corrected chi connectivity index (χ1v) is 8.57. The lowest BCUT2D eigenvalue weighted by atomic mass is 10.5. The van der Waals surface area contributed by atoms with Gasteiger partial charge in [-0.2, -0.15) is 4.31 Å². The molecule has 0 saturated carbocycles. The second-order valence-corrected chi connectivity index (χ2v) is 7.36. The van der Waals surface area contributed by atoms with Gasteiger partial charge in [-0.05, 0) is 19.1 Å². The molecule has 0 fully saturated rings. The van der Waals surface area contributed by atoms with E-state index in [0.717, 1.165) is 11.3 Å². The van der Waals surface area contributed by atoms with Gasteiger partial charge in [-0.25, -0.2) is 8.42 Å². The number of thiocarbonyl (C=S) groups is 1. The van der Waals surface area contributed by atoms with Crippen molar-refractivity contribution >= 4 is 38.6 Å². The predicted octanol–water partition coefficient (Wildman–Crippen LogP) is 1.43. The summed E-state index contributed by atoms with van der Waals surface area (Å²) in [4.78, 5) is 0.818. The first kappa shape index (κ1) is 16.5. The average Bonchev–Trinajstić information content (AvgIpc) is 2.84. The first-order chi connectivity index (χ1) is 8.93. The number of rotatable bonds is 8. The van der Waals surface area contributed by atoms with E-state index in [1.165, 1.54) is 10.4 Å². The number of thiophene rings is 1. The Bertz CT molecular complexity index is 525. The number of ether oxygens (including phenoxy) is 1. The minimum Gasteiger partial charge on any atom is -0.389 e. The van der Waals surface area contributed by atoms with Crippen molar-refractivity contribution in [2.24, 2.45) is 5.73 Å². The molecule has 0 saturated heterocycles. The standard InChI is InChI=1S/C11H18N2O3S3/c1-3-13(7-8-16-4-2)19(14,15)10-6-5-9(18-10)11(12)17/h5-6H,3-4,7-8H2,1-2H3,(H2,12,17). The molecule has 0 radical (unpaired) electrons. The number of nitrogens with zero attached hydrogens (tertiary/aromatic N) is 1. The normalized spacial score (nSPS) is 11.9. The van der Waals surface area contributed by atoms with Crippen LogP contribution in [0.5, 0.6) is 0 Å². The van der Waals surface area contributed by atoms with Gasteiger partial charge in [0.15, 0.2) is 0 Å². The summed E-state index contributed by atoms with van der Waals surface area (Å²) in [6, 6.07) is 3.17. The summed E-state index contributed by atoms with van der Waals surface area (Å²) in [7, 11) is -3.49. The average molecular weight is 322 g/mol. The Morgan fingerprint density at radius 2 is 2.16 bits per heavy atom. The van der Waals surface area contributed by atoms with Crippen LogP contribution in [0, 0.1) is 0 Å². The Morgan fingerprint density at radius 3 is 2.63 bits per heavy atom. The van der Waals surface area contributed by atoms with Crippen LogP contribution in [0.25, 0.3) is 0 Å². The number of sulfonamides is 1. The highest BCUT2D eigenvalue weighted by molar-refractivity contribution is 7.91. The molecule has 1 aromatic heterocycles. The fourth-order valence-corrected chi connectivity index (χ4v) is 4.42. The van der Waals surface area contributed by atoms with E-state index in [-0.39, 0.29) is 9.20 Å². The van der Waals surface area contributed by atoms with Crippen LogP contribution in [0.15, 0.2) is 16.3 Å². The molecule has 1 aromatic rings. The van der Waals surface area contributed by atoms with Gasteiger partial charge in [0.25, 0.3) is 10.0 Å². The van der Waals surface area contributed by atoms with Crippen LogP contribution >= 0.6 is 23.6 Å².